The number of hydrogen-bond acceptors (Lipinski definition) is 3. The summed E-state index contributed by atoms with van der Waals surface area (Å²) in [5, 5.41) is 22.0. The van der Waals surface area contributed by atoms with Gasteiger partial charge in [-0.05, 0) is 60.7 Å². The Morgan fingerprint density at radius 2 is 1.77 bits per heavy atom. The van der Waals surface area contributed by atoms with E-state index in [0.717, 1.165) is 52.0 Å². The van der Waals surface area contributed by atoms with E-state index >= 15 is 0 Å². The van der Waals surface area contributed by atoms with E-state index < -0.39 is 0 Å². The van der Waals surface area contributed by atoms with Gasteiger partial charge in [-0.2, -0.15) is 5.10 Å². The van der Waals surface area contributed by atoms with E-state index in [1.807, 2.05) is 24.3 Å². The summed E-state index contributed by atoms with van der Waals surface area (Å²) >= 11 is 5.97. The van der Waals surface area contributed by atoms with Crippen LogP contribution in [0.2, 0.25) is 5.02 Å². The third-order valence-corrected chi connectivity index (χ3v) is 5.35. The number of H-pyrrole nitrogens is 1. The molecule has 30 heavy (non-hydrogen) atoms. The molecule has 0 saturated carbocycles. The molecule has 5 nitrogen and oxygen atoms in total. The van der Waals surface area contributed by atoms with Crippen LogP contribution in [0.5, 0.6) is 5.75 Å². The van der Waals surface area contributed by atoms with Gasteiger partial charge >= 0.3 is 0 Å². The molecule has 152 valence electrons. The number of amides is 1. The normalized spacial score (nSPS) is 11.0. The minimum absolute atomic E-state index is 0.00374. The highest BCUT2D eigenvalue weighted by Crippen LogP contribution is 2.26. The van der Waals surface area contributed by atoms with Crippen molar-refractivity contribution in [3.63, 3.8) is 0 Å². The first-order chi connectivity index (χ1) is 14.6. The van der Waals surface area contributed by atoms with Gasteiger partial charge in [0, 0.05) is 17.0 Å². The number of nitrogens with zero attached hydrogens (tertiary/aromatic N) is 1. The highest BCUT2D eigenvalue weighted by Gasteiger charge is 2.10. The second-order valence-electron chi connectivity index (χ2n) is 7.17. The van der Waals surface area contributed by atoms with E-state index in [2.05, 4.69) is 33.7 Å². The maximum Gasteiger partial charge on any atom is 0.255 e. The predicted octanol–water partition coefficient (Wildman–Crippen LogP) is 5.34. The lowest BCUT2D eigenvalue weighted by Crippen LogP contribution is -2.24. The highest BCUT2D eigenvalue weighted by atomic mass is 35.5. The van der Waals surface area contributed by atoms with Gasteiger partial charge in [0.05, 0.1) is 16.8 Å². The van der Waals surface area contributed by atoms with Crippen LogP contribution in [-0.2, 0) is 6.42 Å². The van der Waals surface area contributed by atoms with Crippen LogP contribution < -0.4 is 5.32 Å². The Kier molecular flexibility index (Phi) is 6.00. The third-order valence-electron chi connectivity index (χ3n) is 5.09. The molecule has 0 aliphatic heterocycles. The maximum atomic E-state index is 12.1. The number of carbonyl (C=O) groups is 1. The predicted molar refractivity (Wildman–Crippen MR) is 120 cm³/mol. The quantitative estimate of drug-likeness (QED) is 0.354. The molecular weight excluding hydrogens is 398 g/mol. The molecule has 0 aliphatic carbocycles. The number of halogens is 1. The van der Waals surface area contributed by atoms with Gasteiger partial charge in [0.15, 0.2) is 0 Å². The molecule has 0 fully saturated rings. The Labute approximate surface area is 179 Å². The molecule has 0 atom stereocenters. The van der Waals surface area contributed by atoms with Crippen molar-refractivity contribution in [2.45, 2.75) is 19.3 Å². The van der Waals surface area contributed by atoms with E-state index in [1.54, 1.807) is 18.2 Å². The molecule has 1 heterocycles. The van der Waals surface area contributed by atoms with Crippen molar-refractivity contribution in [3.05, 3.63) is 83.0 Å². The number of carbonyl (C=O) groups excluding carboxylic acids is 1. The van der Waals surface area contributed by atoms with Crippen LogP contribution in [0.1, 0.15) is 28.9 Å². The molecule has 0 spiro atoms. The van der Waals surface area contributed by atoms with Crippen molar-refractivity contribution < 1.29 is 9.90 Å². The van der Waals surface area contributed by atoms with Gasteiger partial charge in [-0.1, -0.05) is 48.0 Å². The number of aryl methyl sites for hydroxylation is 1. The maximum absolute atomic E-state index is 12.1. The Hall–Kier alpha value is -3.31. The van der Waals surface area contributed by atoms with Crippen molar-refractivity contribution in [1.29, 1.82) is 0 Å². The molecule has 3 N–H and O–H groups in total. The standard InChI is InChI=1S/C24H22ClN3O2/c25-18-11-8-16(9-12-18)17-10-13-19-21(27-28-22(19)15-17)6-3-4-14-26-24(30)20-5-1-2-7-23(20)29/h1-2,5,7-13,15,29H,3-4,6,14H2,(H,26,30)(H,27,28). The summed E-state index contributed by atoms with van der Waals surface area (Å²) in [7, 11) is 0. The van der Waals surface area contributed by atoms with Crippen molar-refractivity contribution >= 4 is 28.4 Å². The zero-order valence-electron chi connectivity index (χ0n) is 16.4. The number of aromatic nitrogens is 2. The van der Waals surface area contributed by atoms with Gasteiger partial charge in [0.25, 0.3) is 5.91 Å². The van der Waals surface area contributed by atoms with Crippen LogP contribution in [-0.4, -0.2) is 27.8 Å². The van der Waals surface area contributed by atoms with Gasteiger partial charge in [-0.3, -0.25) is 9.89 Å². The van der Waals surface area contributed by atoms with Crippen LogP contribution in [0.15, 0.2) is 66.7 Å². The summed E-state index contributed by atoms with van der Waals surface area (Å²) in [5.41, 5.74) is 4.55. The number of fused-ring (bicyclic) bond motifs is 1. The molecule has 3 aromatic carbocycles. The molecule has 0 bridgehead atoms. The molecule has 1 aromatic heterocycles. The Bertz CT molecular complexity index is 1170. The lowest BCUT2D eigenvalue weighted by Gasteiger charge is -2.06. The molecule has 6 heteroatoms. The lowest BCUT2D eigenvalue weighted by atomic mass is 10.0. The molecule has 1 amide bonds. The van der Waals surface area contributed by atoms with E-state index in [0.29, 0.717) is 12.1 Å². The number of aromatic amines is 1. The Balaban J connectivity index is 1.32. The molecule has 4 rings (SSSR count). The SMILES string of the molecule is O=C(NCCCCc1n[nH]c2cc(-c3ccc(Cl)cc3)ccc12)c1ccccc1O. The fourth-order valence-corrected chi connectivity index (χ4v) is 3.60. The molecular formula is C24H22ClN3O2. The second-order valence-corrected chi connectivity index (χ2v) is 7.60. The summed E-state index contributed by atoms with van der Waals surface area (Å²) in [6.45, 7) is 0.552. The van der Waals surface area contributed by atoms with Crippen molar-refractivity contribution in [2.75, 3.05) is 6.54 Å². The topological polar surface area (TPSA) is 78.0 Å². The molecule has 4 aromatic rings. The summed E-state index contributed by atoms with van der Waals surface area (Å²) < 4.78 is 0. The number of nitrogens with one attached hydrogen (secondary N) is 2. The number of para-hydroxylation sites is 1. The number of unbranched alkanes of at least 4 members (excludes halogenated alkanes) is 1. The first-order valence-corrected chi connectivity index (χ1v) is 10.3. The van der Waals surface area contributed by atoms with Crippen LogP contribution in [0, 0.1) is 0 Å². The molecule has 0 radical (unpaired) electrons. The number of rotatable bonds is 7. The third kappa shape index (κ3) is 4.47. The fourth-order valence-electron chi connectivity index (χ4n) is 3.47. The van der Waals surface area contributed by atoms with Gasteiger partial charge < -0.3 is 10.4 Å². The average Bonchev–Trinajstić information content (AvgIpc) is 3.16. The number of hydrogen-bond donors (Lipinski definition) is 3. The van der Waals surface area contributed by atoms with Gasteiger partial charge in [-0.15, -0.1) is 0 Å². The van der Waals surface area contributed by atoms with Crippen molar-refractivity contribution in [2.24, 2.45) is 0 Å². The van der Waals surface area contributed by atoms with Crippen LogP contribution >= 0.6 is 11.6 Å². The average molecular weight is 420 g/mol. The van der Waals surface area contributed by atoms with Gasteiger partial charge in [-0.25, -0.2) is 0 Å². The van der Waals surface area contributed by atoms with Crippen LogP contribution in [0.25, 0.3) is 22.0 Å². The van der Waals surface area contributed by atoms with Gasteiger partial charge in [0.2, 0.25) is 0 Å². The second kappa shape index (κ2) is 9.01. The van der Waals surface area contributed by atoms with E-state index in [4.69, 9.17) is 11.6 Å². The first kappa shape index (κ1) is 20.0. The summed E-state index contributed by atoms with van der Waals surface area (Å²) in [5.74, 6) is -0.260. The first-order valence-electron chi connectivity index (χ1n) is 9.91. The summed E-state index contributed by atoms with van der Waals surface area (Å²) in [4.78, 5) is 12.1. The van der Waals surface area contributed by atoms with Crippen LogP contribution in [0.4, 0.5) is 0 Å². The highest BCUT2D eigenvalue weighted by molar-refractivity contribution is 6.30. The number of benzene rings is 3. The lowest BCUT2D eigenvalue weighted by molar-refractivity contribution is 0.0950. The molecule has 0 aliphatic rings. The van der Waals surface area contributed by atoms with Gasteiger partial charge in [0.1, 0.15) is 5.75 Å². The number of phenolic OH excluding ortho intramolecular Hbond substituents is 1. The van der Waals surface area contributed by atoms with E-state index in [9.17, 15) is 9.90 Å². The summed E-state index contributed by atoms with van der Waals surface area (Å²) in [6, 6.07) is 20.6. The van der Waals surface area contributed by atoms with E-state index in [-0.39, 0.29) is 11.7 Å². The summed E-state index contributed by atoms with van der Waals surface area (Å²) in [6.07, 6.45) is 2.56. The van der Waals surface area contributed by atoms with Crippen LogP contribution in [0.3, 0.4) is 0 Å². The Morgan fingerprint density at radius 1 is 1.00 bits per heavy atom. The zero-order valence-corrected chi connectivity index (χ0v) is 17.1. The number of phenols is 1. The molecule has 0 saturated heterocycles. The monoisotopic (exact) mass is 419 g/mol. The molecule has 0 unspecified atom stereocenters. The largest absolute Gasteiger partial charge is 0.507 e. The minimum atomic E-state index is -0.256. The fraction of sp³-hybridized carbons (Fsp3) is 0.167. The smallest absolute Gasteiger partial charge is 0.255 e. The van der Waals surface area contributed by atoms with Crippen molar-refractivity contribution in [3.8, 4) is 16.9 Å². The van der Waals surface area contributed by atoms with E-state index in [1.165, 1.54) is 6.07 Å². The minimum Gasteiger partial charge on any atom is -0.507 e. The number of aromatic hydroxyl groups is 1. The van der Waals surface area contributed by atoms with Crippen molar-refractivity contribution in [1.82, 2.24) is 15.5 Å². The Morgan fingerprint density at radius 3 is 2.57 bits per heavy atom. The zero-order chi connectivity index (χ0) is 20.9.